The van der Waals surface area contributed by atoms with Gasteiger partial charge in [-0.15, -0.1) is 0 Å². The molecule has 0 radical (unpaired) electrons. The summed E-state index contributed by atoms with van der Waals surface area (Å²) in [4.78, 5) is 23.9. The molecule has 1 saturated heterocycles. The van der Waals surface area contributed by atoms with Crippen molar-refractivity contribution in [2.45, 2.75) is 39.2 Å². The highest BCUT2D eigenvalue weighted by molar-refractivity contribution is 6.01. The molecule has 14 heavy (non-hydrogen) atoms. The Hall–Kier alpha value is -0.900. The van der Waals surface area contributed by atoms with Crippen molar-refractivity contribution in [3.8, 4) is 0 Å². The van der Waals surface area contributed by atoms with Gasteiger partial charge in [-0.2, -0.15) is 0 Å². The fourth-order valence-corrected chi connectivity index (χ4v) is 1.52. The van der Waals surface area contributed by atoms with Gasteiger partial charge in [0.25, 0.3) is 0 Å². The number of nitrogens with two attached hydrogens (primary N) is 1. The summed E-state index contributed by atoms with van der Waals surface area (Å²) in [5.41, 5.74) is 5.89. The Morgan fingerprint density at radius 2 is 1.86 bits per heavy atom. The van der Waals surface area contributed by atoms with Gasteiger partial charge in [-0.3, -0.25) is 14.5 Å². The minimum absolute atomic E-state index is 0.0752. The number of likely N-dealkylation sites (tertiary alicyclic amines) is 1. The third kappa shape index (κ3) is 2.32. The van der Waals surface area contributed by atoms with Gasteiger partial charge in [0.05, 0.1) is 0 Å². The first-order valence-corrected chi connectivity index (χ1v) is 5.15. The summed E-state index contributed by atoms with van der Waals surface area (Å²) < 4.78 is 0. The fraction of sp³-hybridized carbons (Fsp3) is 0.800. The Balaban J connectivity index is 2.50. The summed E-state index contributed by atoms with van der Waals surface area (Å²) in [6.07, 6.45) is 1.68. The minimum atomic E-state index is -0.0917. The van der Waals surface area contributed by atoms with Gasteiger partial charge < -0.3 is 5.73 Å². The maximum Gasteiger partial charge on any atom is 0.229 e. The van der Waals surface area contributed by atoms with Crippen LogP contribution in [0.25, 0.3) is 0 Å². The van der Waals surface area contributed by atoms with E-state index in [1.807, 2.05) is 6.92 Å². The van der Waals surface area contributed by atoms with E-state index in [1.165, 1.54) is 4.90 Å². The molecule has 0 aromatic carbocycles. The molecule has 2 amide bonds. The number of imide groups is 1. The predicted molar refractivity (Wildman–Crippen MR) is 53.4 cm³/mol. The van der Waals surface area contributed by atoms with E-state index < -0.39 is 0 Å². The number of amides is 2. The molecule has 0 spiro atoms. The Bertz CT molecular complexity index is 224. The lowest BCUT2D eigenvalue weighted by Crippen LogP contribution is -2.43. The molecular formula is C10H18N2O2. The third-order valence-corrected chi connectivity index (χ3v) is 2.92. The van der Waals surface area contributed by atoms with Crippen molar-refractivity contribution in [3.63, 3.8) is 0 Å². The molecule has 1 aliphatic rings. The average molecular weight is 198 g/mol. The van der Waals surface area contributed by atoms with Crippen molar-refractivity contribution in [1.29, 1.82) is 0 Å². The molecule has 0 aromatic rings. The second-order valence-corrected chi connectivity index (χ2v) is 3.95. The number of hydrogen-bond acceptors (Lipinski definition) is 3. The maximum atomic E-state index is 11.3. The van der Waals surface area contributed by atoms with Crippen LogP contribution < -0.4 is 5.73 Å². The normalized spacial score (nSPS) is 21.5. The first kappa shape index (κ1) is 11.2. The minimum Gasteiger partial charge on any atom is -0.326 e. The van der Waals surface area contributed by atoms with Crippen LogP contribution in [0.2, 0.25) is 0 Å². The summed E-state index contributed by atoms with van der Waals surface area (Å²) in [6.45, 7) is 4.47. The molecule has 2 atom stereocenters. The second-order valence-electron chi connectivity index (χ2n) is 3.95. The molecule has 0 bridgehead atoms. The first-order chi connectivity index (χ1) is 6.56. The number of nitrogens with zero attached hydrogens (tertiary/aromatic N) is 1. The average Bonchev–Trinajstić information content (AvgIpc) is 2.48. The van der Waals surface area contributed by atoms with Gasteiger partial charge in [0, 0.05) is 25.4 Å². The van der Waals surface area contributed by atoms with Crippen LogP contribution in [0.5, 0.6) is 0 Å². The van der Waals surface area contributed by atoms with E-state index in [2.05, 4.69) is 6.92 Å². The summed E-state index contributed by atoms with van der Waals surface area (Å²) in [7, 11) is 0. The van der Waals surface area contributed by atoms with E-state index in [1.54, 1.807) is 0 Å². The number of carbonyl (C=O) groups excluding carboxylic acids is 2. The highest BCUT2D eigenvalue weighted by Crippen LogP contribution is 2.14. The lowest BCUT2D eigenvalue weighted by molar-refractivity contribution is -0.138. The zero-order chi connectivity index (χ0) is 10.7. The molecule has 4 nitrogen and oxygen atoms in total. The van der Waals surface area contributed by atoms with Crippen molar-refractivity contribution >= 4 is 11.8 Å². The smallest absolute Gasteiger partial charge is 0.229 e. The van der Waals surface area contributed by atoms with Crippen LogP contribution in [-0.2, 0) is 9.59 Å². The number of hydrogen-bond donors (Lipinski definition) is 1. The van der Waals surface area contributed by atoms with Crippen LogP contribution in [0.4, 0.5) is 0 Å². The zero-order valence-electron chi connectivity index (χ0n) is 8.82. The molecule has 0 saturated carbocycles. The highest BCUT2D eigenvalue weighted by Gasteiger charge is 2.30. The topological polar surface area (TPSA) is 63.4 Å². The van der Waals surface area contributed by atoms with Gasteiger partial charge in [-0.05, 0) is 5.92 Å². The summed E-state index contributed by atoms with van der Waals surface area (Å²) in [5, 5.41) is 0. The van der Waals surface area contributed by atoms with Crippen LogP contribution in [0.15, 0.2) is 0 Å². The van der Waals surface area contributed by atoms with Crippen LogP contribution in [0.1, 0.15) is 33.1 Å². The van der Waals surface area contributed by atoms with Crippen molar-refractivity contribution in [3.05, 3.63) is 0 Å². The van der Waals surface area contributed by atoms with Crippen molar-refractivity contribution in [1.82, 2.24) is 4.90 Å². The molecule has 4 heteroatoms. The van der Waals surface area contributed by atoms with Crippen LogP contribution >= 0.6 is 0 Å². The maximum absolute atomic E-state index is 11.3. The lowest BCUT2D eigenvalue weighted by Gasteiger charge is -2.23. The molecular weight excluding hydrogens is 180 g/mol. The fourth-order valence-electron chi connectivity index (χ4n) is 1.52. The van der Waals surface area contributed by atoms with E-state index in [4.69, 9.17) is 5.73 Å². The lowest BCUT2D eigenvalue weighted by atomic mass is 10.00. The predicted octanol–water partition coefficient (Wildman–Crippen LogP) is 0.509. The highest BCUT2D eigenvalue weighted by atomic mass is 16.2. The van der Waals surface area contributed by atoms with E-state index in [9.17, 15) is 9.59 Å². The molecule has 1 aliphatic heterocycles. The van der Waals surface area contributed by atoms with Gasteiger partial charge in [0.2, 0.25) is 11.8 Å². The standard InChI is InChI=1S/C10H18N2O2/c1-3-7(2)8(11)6-12-9(13)4-5-10(12)14/h7-8H,3-6,11H2,1-2H3/t7-,8+/m0/s1. The van der Waals surface area contributed by atoms with Gasteiger partial charge in [-0.1, -0.05) is 20.3 Å². The molecule has 0 aliphatic carbocycles. The summed E-state index contributed by atoms with van der Waals surface area (Å²) >= 11 is 0. The third-order valence-electron chi connectivity index (χ3n) is 2.92. The van der Waals surface area contributed by atoms with Crippen molar-refractivity contribution < 1.29 is 9.59 Å². The van der Waals surface area contributed by atoms with Crippen molar-refractivity contribution in [2.24, 2.45) is 11.7 Å². The Kier molecular flexibility index (Phi) is 3.63. The SMILES string of the molecule is CC[C@H](C)[C@H](N)CN1C(=O)CCC1=O. The van der Waals surface area contributed by atoms with E-state index in [0.29, 0.717) is 25.3 Å². The van der Waals surface area contributed by atoms with Crippen LogP contribution in [0.3, 0.4) is 0 Å². The molecule has 1 rings (SSSR count). The zero-order valence-corrected chi connectivity index (χ0v) is 8.82. The van der Waals surface area contributed by atoms with Crippen LogP contribution in [0, 0.1) is 5.92 Å². The number of carbonyl (C=O) groups is 2. The van der Waals surface area contributed by atoms with Gasteiger partial charge in [0.15, 0.2) is 0 Å². The second kappa shape index (κ2) is 4.55. The van der Waals surface area contributed by atoms with Gasteiger partial charge in [-0.25, -0.2) is 0 Å². The van der Waals surface area contributed by atoms with E-state index >= 15 is 0 Å². The van der Waals surface area contributed by atoms with E-state index in [0.717, 1.165) is 6.42 Å². The molecule has 0 unspecified atom stereocenters. The quantitative estimate of drug-likeness (QED) is 0.669. The van der Waals surface area contributed by atoms with Crippen molar-refractivity contribution in [2.75, 3.05) is 6.54 Å². The first-order valence-electron chi connectivity index (χ1n) is 5.15. The summed E-state index contributed by atoms with van der Waals surface area (Å²) in [5.74, 6) is 0.193. The molecule has 2 N–H and O–H groups in total. The van der Waals surface area contributed by atoms with Gasteiger partial charge >= 0.3 is 0 Å². The largest absolute Gasteiger partial charge is 0.326 e. The monoisotopic (exact) mass is 198 g/mol. The van der Waals surface area contributed by atoms with Crippen LogP contribution in [-0.4, -0.2) is 29.3 Å². The summed E-state index contributed by atoms with van der Waals surface area (Å²) in [6, 6.07) is -0.0917. The molecule has 80 valence electrons. The van der Waals surface area contributed by atoms with E-state index in [-0.39, 0.29) is 17.9 Å². The molecule has 0 aromatic heterocycles. The Morgan fingerprint density at radius 1 is 1.36 bits per heavy atom. The Morgan fingerprint density at radius 3 is 2.29 bits per heavy atom. The van der Waals surface area contributed by atoms with Gasteiger partial charge in [0.1, 0.15) is 0 Å². The molecule has 1 fully saturated rings. The number of rotatable bonds is 4. The molecule has 1 heterocycles. The Labute approximate surface area is 84.4 Å².